The molecule has 0 saturated heterocycles. The van der Waals surface area contributed by atoms with E-state index in [1.165, 1.54) is 6.42 Å². The van der Waals surface area contributed by atoms with E-state index in [9.17, 15) is 0 Å². The Bertz CT molecular complexity index is 102. The molecule has 0 spiro atoms. The average Bonchev–Trinajstić information content (AvgIpc) is 2.04. The monoisotopic (exact) mass is 208 g/mol. The van der Waals surface area contributed by atoms with Gasteiger partial charge in [0.2, 0.25) is 0 Å². The summed E-state index contributed by atoms with van der Waals surface area (Å²) in [6.07, 6.45) is 5.57. The summed E-state index contributed by atoms with van der Waals surface area (Å²) in [6, 6.07) is 0. The van der Waals surface area contributed by atoms with Crippen LogP contribution in [-0.2, 0) is 0 Å². The van der Waals surface area contributed by atoms with Crippen LogP contribution in [0.25, 0.3) is 0 Å². The zero-order valence-electron chi connectivity index (χ0n) is 7.37. The number of thioether (sulfide) groups is 1. The van der Waals surface area contributed by atoms with Gasteiger partial charge < -0.3 is 0 Å². The molecule has 0 aromatic carbocycles. The van der Waals surface area contributed by atoms with E-state index >= 15 is 0 Å². The zero-order chi connectivity index (χ0) is 8.53. The molecule has 0 aliphatic carbocycles. The Morgan fingerprint density at radius 3 is 2.73 bits per heavy atom. The summed E-state index contributed by atoms with van der Waals surface area (Å²) in [7, 11) is 3.93. The number of hydrogen-bond acceptors (Lipinski definition) is 3. The van der Waals surface area contributed by atoms with E-state index in [1.807, 2.05) is 21.6 Å². The van der Waals surface area contributed by atoms with Gasteiger partial charge in [0.05, 0.1) is 0 Å². The van der Waals surface area contributed by atoms with E-state index < -0.39 is 0 Å². The summed E-state index contributed by atoms with van der Waals surface area (Å²) in [4.78, 5) is 0. The predicted molar refractivity (Wildman–Crippen MR) is 62.5 cm³/mol. The van der Waals surface area contributed by atoms with Crippen LogP contribution in [0.4, 0.5) is 0 Å². The SMILES string of the molecule is CCC(C)SSC/C=C/SC. The van der Waals surface area contributed by atoms with E-state index in [-0.39, 0.29) is 0 Å². The smallest absolute Gasteiger partial charge is 0.0225 e. The second kappa shape index (κ2) is 8.88. The fraction of sp³-hybridized carbons (Fsp3) is 0.750. The Labute approximate surface area is 82.4 Å². The van der Waals surface area contributed by atoms with Crippen molar-refractivity contribution in [1.82, 2.24) is 0 Å². The summed E-state index contributed by atoms with van der Waals surface area (Å²) in [5, 5.41) is 2.94. The molecule has 66 valence electrons. The molecule has 0 N–H and O–H groups in total. The van der Waals surface area contributed by atoms with E-state index in [2.05, 4.69) is 31.6 Å². The summed E-state index contributed by atoms with van der Waals surface area (Å²) >= 11 is 1.76. The van der Waals surface area contributed by atoms with Gasteiger partial charge in [-0.15, -0.1) is 11.8 Å². The van der Waals surface area contributed by atoms with Crippen molar-refractivity contribution in [2.24, 2.45) is 0 Å². The maximum absolute atomic E-state index is 2.27. The van der Waals surface area contributed by atoms with Gasteiger partial charge >= 0.3 is 0 Å². The molecule has 0 aliphatic rings. The van der Waals surface area contributed by atoms with E-state index in [4.69, 9.17) is 0 Å². The van der Waals surface area contributed by atoms with E-state index in [1.54, 1.807) is 11.8 Å². The first-order valence-electron chi connectivity index (χ1n) is 3.77. The highest BCUT2D eigenvalue weighted by atomic mass is 33.1. The molecule has 0 aliphatic heterocycles. The largest absolute Gasteiger partial charge is 0.138 e. The van der Waals surface area contributed by atoms with Gasteiger partial charge in [-0.2, -0.15) is 0 Å². The number of rotatable bonds is 6. The van der Waals surface area contributed by atoms with Crippen molar-refractivity contribution in [2.45, 2.75) is 25.5 Å². The molecule has 1 unspecified atom stereocenters. The van der Waals surface area contributed by atoms with Crippen LogP contribution in [-0.4, -0.2) is 17.3 Å². The second-order valence-corrected chi connectivity index (χ2v) is 5.80. The highest BCUT2D eigenvalue weighted by Gasteiger charge is 1.96. The summed E-state index contributed by atoms with van der Waals surface area (Å²) in [6.45, 7) is 4.51. The van der Waals surface area contributed by atoms with Crippen molar-refractivity contribution in [3.05, 3.63) is 11.5 Å². The quantitative estimate of drug-likeness (QED) is 0.477. The highest BCUT2D eigenvalue weighted by molar-refractivity contribution is 8.77. The molecule has 0 aromatic rings. The van der Waals surface area contributed by atoms with Gasteiger partial charge in [-0.05, 0) is 18.1 Å². The maximum Gasteiger partial charge on any atom is 0.0225 e. The van der Waals surface area contributed by atoms with Crippen molar-refractivity contribution in [1.29, 1.82) is 0 Å². The third-order valence-corrected chi connectivity index (χ3v) is 4.60. The number of hydrogen-bond donors (Lipinski definition) is 0. The molecular formula is C8H16S3. The second-order valence-electron chi connectivity index (χ2n) is 2.21. The Balaban J connectivity index is 3.07. The molecule has 3 heteroatoms. The van der Waals surface area contributed by atoms with Gasteiger partial charge in [0.1, 0.15) is 0 Å². The van der Waals surface area contributed by atoms with Gasteiger partial charge in [0, 0.05) is 11.0 Å². The Morgan fingerprint density at radius 2 is 2.18 bits per heavy atom. The normalized spacial score (nSPS) is 14.1. The molecule has 0 rings (SSSR count). The lowest BCUT2D eigenvalue weighted by molar-refractivity contribution is 0.912. The minimum Gasteiger partial charge on any atom is -0.138 e. The Hall–Kier alpha value is 0.790. The first-order chi connectivity index (χ1) is 5.31. The molecule has 0 aromatic heterocycles. The third-order valence-electron chi connectivity index (χ3n) is 1.20. The maximum atomic E-state index is 2.27. The first kappa shape index (κ1) is 11.8. The molecular weight excluding hydrogens is 192 g/mol. The molecule has 0 bridgehead atoms. The lowest BCUT2D eigenvalue weighted by Crippen LogP contribution is -1.88. The summed E-state index contributed by atoms with van der Waals surface area (Å²) < 4.78 is 0. The van der Waals surface area contributed by atoms with Gasteiger partial charge in [-0.3, -0.25) is 0 Å². The molecule has 0 amide bonds. The van der Waals surface area contributed by atoms with E-state index in [0.29, 0.717) is 0 Å². The van der Waals surface area contributed by atoms with Crippen LogP contribution < -0.4 is 0 Å². The average molecular weight is 208 g/mol. The van der Waals surface area contributed by atoms with Gasteiger partial charge in [-0.25, -0.2) is 0 Å². The topological polar surface area (TPSA) is 0 Å². The highest BCUT2D eigenvalue weighted by Crippen LogP contribution is 2.28. The van der Waals surface area contributed by atoms with Crippen LogP contribution in [0.2, 0.25) is 0 Å². The third kappa shape index (κ3) is 8.70. The lowest BCUT2D eigenvalue weighted by Gasteiger charge is -2.04. The van der Waals surface area contributed by atoms with E-state index in [0.717, 1.165) is 11.0 Å². The Morgan fingerprint density at radius 1 is 1.45 bits per heavy atom. The van der Waals surface area contributed by atoms with Gasteiger partial charge in [0.25, 0.3) is 0 Å². The van der Waals surface area contributed by atoms with Crippen LogP contribution in [0.3, 0.4) is 0 Å². The summed E-state index contributed by atoms with van der Waals surface area (Å²) in [5.74, 6) is 1.13. The molecule has 0 fully saturated rings. The zero-order valence-corrected chi connectivity index (χ0v) is 9.82. The van der Waals surface area contributed by atoms with Crippen LogP contribution in [0.15, 0.2) is 11.5 Å². The van der Waals surface area contributed by atoms with Gasteiger partial charge in [0.15, 0.2) is 0 Å². The first-order valence-corrected chi connectivity index (χ1v) is 7.44. The van der Waals surface area contributed by atoms with Crippen LogP contribution in [0.5, 0.6) is 0 Å². The predicted octanol–water partition coefficient (Wildman–Crippen LogP) is 4.04. The Kier molecular flexibility index (Phi) is 9.52. The standard InChI is InChI=1S/C8H16S3/c1-4-8(2)11-10-7-5-6-9-3/h5-6,8H,4,7H2,1-3H3/b6-5+. The lowest BCUT2D eigenvalue weighted by atomic mass is 10.4. The van der Waals surface area contributed by atoms with Crippen molar-refractivity contribution in [2.75, 3.05) is 12.0 Å². The fourth-order valence-corrected chi connectivity index (χ4v) is 3.01. The van der Waals surface area contributed by atoms with Crippen LogP contribution >= 0.6 is 33.3 Å². The molecule has 0 radical (unpaired) electrons. The van der Waals surface area contributed by atoms with Crippen LogP contribution in [0.1, 0.15) is 20.3 Å². The molecule has 11 heavy (non-hydrogen) atoms. The minimum atomic E-state index is 0.794. The molecule has 0 nitrogen and oxygen atoms in total. The molecule has 1 atom stereocenters. The minimum absolute atomic E-state index is 0.794. The van der Waals surface area contributed by atoms with Gasteiger partial charge in [-0.1, -0.05) is 41.5 Å². The fourth-order valence-electron chi connectivity index (χ4n) is 0.398. The van der Waals surface area contributed by atoms with Crippen molar-refractivity contribution in [3.8, 4) is 0 Å². The molecule has 0 heterocycles. The van der Waals surface area contributed by atoms with Crippen molar-refractivity contribution in [3.63, 3.8) is 0 Å². The van der Waals surface area contributed by atoms with Crippen molar-refractivity contribution >= 4 is 33.3 Å². The molecule has 0 saturated carbocycles. The summed E-state index contributed by atoms with van der Waals surface area (Å²) in [5.41, 5.74) is 0. The van der Waals surface area contributed by atoms with Crippen molar-refractivity contribution < 1.29 is 0 Å². The van der Waals surface area contributed by atoms with Crippen LogP contribution in [0, 0.1) is 0 Å².